The van der Waals surface area contributed by atoms with Crippen molar-refractivity contribution < 1.29 is 39.5 Å². The van der Waals surface area contributed by atoms with Gasteiger partial charge in [0, 0.05) is 0 Å². The normalized spacial score (nSPS) is 12.2. The van der Waals surface area contributed by atoms with Gasteiger partial charge < -0.3 is 30.5 Å². The number of nitrogens with one attached hydrogen (secondary N) is 1. The summed E-state index contributed by atoms with van der Waals surface area (Å²) in [5.74, 6) is -3.77. The smallest absolute Gasteiger partial charge is 0.338 e. The number of carboxylic acids is 2. The number of anilines is 1. The molecule has 0 saturated heterocycles. The van der Waals surface area contributed by atoms with Crippen molar-refractivity contribution in [3.05, 3.63) is 29.3 Å². The number of hydrogen-bond donors (Lipinski definition) is 5. The number of benzene rings is 1. The van der Waals surface area contributed by atoms with Crippen LogP contribution in [-0.4, -0.2) is 64.2 Å². The maximum atomic E-state index is 10.4. The molecule has 5 N–H and O–H groups in total. The SMILES string of the molecule is COC(=O)C(O)C(O)C(=O)O.O=C(O)CNc1ccccc1Cl. The first-order valence-electron chi connectivity index (χ1n) is 6.07. The van der Waals surface area contributed by atoms with Gasteiger partial charge in [-0.05, 0) is 12.1 Å². The molecule has 1 aromatic carbocycles. The van der Waals surface area contributed by atoms with Gasteiger partial charge in [0.15, 0.2) is 12.2 Å². The third-order valence-electron chi connectivity index (χ3n) is 2.30. The Morgan fingerprint density at radius 3 is 2.17 bits per heavy atom. The molecule has 128 valence electrons. The second kappa shape index (κ2) is 10.4. The number of ether oxygens (including phenoxy) is 1. The number of methoxy groups -OCH3 is 1. The molecule has 0 saturated carbocycles. The molecule has 0 aromatic heterocycles. The van der Waals surface area contributed by atoms with Gasteiger partial charge in [-0.3, -0.25) is 4.79 Å². The number of hydrogen-bond acceptors (Lipinski definition) is 7. The van der Waals surface area contributed by atoms with Crippen LogP contribution in [0.1, 0.15) is 0 Å². The minimum absolute atomic E-state index is 0.121. The first-order valence-corrected chi connectivity index (χ1v) is 6.45. The lowest BCUT2D eigenvalue weighted by Gasteiger charge is -2.10. The molecule has 1 rings (SSSR count). The summed E-state index contributed by atoms with van der Waals surface area (Å²) in [6.45, 7) is -0.121. The van der Waals surface area contributed by atoms with Crippen molar-refractivity contribution in [3.63, 3.8) is 0 Å². The number of carbonyl (C=O) groups excluding carboxylic acids is 1. The monoisotopic (exact) mass is 349 g/mol. The van der Waals surface area contributed by atoms with Gasteiger partial charge in [-0.25, -0.2) is 9.59 Å². The first kappa shape index (κ1) is 20.6. The van der Waals surface area contributed by atoms with Crippen LogP contribution in [0.3, 0.4) is 0 Å². The minimum Gasteiger partial charge on any atom is -0.480 e. The topological polar surface area (TPSA) is 153 Å². The van der Waals surface area contributed by atoms with E-state index in [4.69, 9.17) is 32.0 Å². The Balaban J connectivity index is 0.000000423. The number of aliphatic carboxylic acids is 2. The molecule has 10 heteroatoms. The fourth-order valence-corrected chi connectivity index (χ4v) is 1.36. The molecule has 9 nitrogen and oxygen atoms in total. The minimum atomic E-state index is -2.14. The second-order valence-electron chi connectivity index (χ2n) is 3.98. The van der Waals surface area contributed by atoms with Crippen molar-refractivity contribution >= 4 is 35.2 Å². The zero-order chi connectivity index (χ0) is 18.0. The lowest BCUT2D eigenvalue weighted by molar-refractivity contribution is -0.167. The van der Waals surface area contributed by atoms with Crippen molar-refractivity contribution in [1.82, 2.24) is 0 Å². The lowest BCUT2D eigenvalue weighted by Crippen LogP contribution is -2.40. The van der Waals surface area contributed by atoms with E-state index < -0.39 is 30.1 Å². The Morgan fingerprint density at radius 1 is 1.17 bits per heavy atom. The van der Waals surface area contributed by atoms with Crippen molar-refractivity contribution in [1.29, 1.82) is 0 Å². The lowest BCUT2D eigenvalue weighted by atomic mass is 10.2. The molecule has 0 amide bonds. The van der Waals surface area contributed by atoms with E-state index in [0.29, 0.717) is 10.7 Å². The van der Waals surface area contributed by atoms with E-state index in [1.54, 1.807) is 24.3 Å². The highest BCUT2D eigenvalue weighted by atomic mass is 35.5. The van der Waals surface area contributed by atoms with Gasteiger partial charge in [0.2, 0.25) is 0 Å². The molecule has 23 heavy (non-hydrogen) atoms. The van der Waals surface area contributed by atoms with Crippen molar-refractivity contribution in [3.8, 4) is 0 Å². The number of halogens is 1. The van der Waals surface area contributed by atoms with Gasteiger partial charge in [-0.1, -0.05) is 23.7 Å². The summed E-state index contributed by atoms with van der Waals surface area (Å²) in [5, 5.41) is 36.8. The number of carbonyl (C=O) groups is 3. The molecular formula is C13H16ClNO8. The molecule has 0 aliphatic heterocycles. The molecule has 2 atom stereocenters. The Bertz CT molecular complexity index is 551. The largest absolute Gasteiger partial charge is 0.480 e. The van der Waals surface area contributed by atoms with Gasteiger partial charge in [0.05, 0.1) is 17.8 Å². The molecule has 0 aliphatic rings. The molecule has 0 radical (unpaired) electrons. The summed E-state index contributed by atoms with van der Waals surface area (Å²) in [6, 6.07) is 7.00. The van der Waals surface area contributed by atoms with E-state index in [1.807, 2.05) is 0 Å². The third kappa shape index (κ3) is 8.00. The summed E-state index contributed by atoms with van der Waals surface area (Å²) < 4.78 is 3.97. The van der Waals surface area contributed by atoms with Crippen LogP contribution in [0.4, 0.5) is 5.69 Å². The van der Waals surface area contributed by atoms with E-state index in [2.05, 4.69) is 10.1 Å². The van der Waals surface area contributed by atoms with Crippen LogP contribution in [0.5, 0.6) is 0 Å². The van der Waals surface area contributed by atoms with Crippen LogP contribution in [0.2, 0.25) is 5.02 Å². The van der Waals surface area contributed by atoms with Gasteiger partial charge in [-0.15, -0.1) is 0 Å². The van der Waals surface area contributed by atoms with E-state index in [0.717, 1.165) is 7.11 Å². The Morgan fingerprint density at radius 2 is 1.74 bits per heavy atom. The highest BCUT2D eigenvalue weighted by Crippen LogP contribution is 2.19. The summed E-state index contributed by atoms with van der Waals surface area (Å²) in [7, 11) is 0.972. The molecule has 0 aliphatic carbocycles. The number of aliphatic hydroxyl groups is 2. The summed E-state index contributed by atoms with van der Waals surface area (Å²) in [5.41, 5.74) is 0.640. The van der Waals surface area contributed by atoms with Crippen LogP contribution >= 0.6 is 11.6 Å². The summed E-state index contributed by atoms with van der Waals surface area (Å²) in [6.07, 6.45) is -4.17. The van der Waals surface area contributed by atoms with Gasteiger partial charge in [0.25, 0.3) is 0 Å². The third-order valence-corrected chi connectivity index (χ3v) is 2.63. The average molecular weight is 350 g/mol. The zero-order valence-electron chi connectivity index (χ0n) is 12.0. The van der Waals surface area contributed by atoms with E-state index in [1.165, 1.54) is 0 Å². The Kier molecular flexibility index (Phi) is 9.31. The number of carboxylic acid groups (broad SMARTS) is 2. The Labute approximate surface area is 136 Å². The van der Waals surface area contributed by atoms with Crippen LogP contribution < -0.4 is 5.32 Å². The van der Waals surface area contributed by atoms with E-state index in [9.17, 15) is 14.4 Å². The molecule has 1 aromatic rings. The fraction of sp³-hybridized carbons (Fsp3) is 0.308. The number of rotatable bonds is 6. The Hall–Kier alpha value is -2.36. The van der Waals surface area contributed by atoms with Gasteiger partial charge in [0.1, 0.15) is 6.54 Å². The van der Waals surface area contributed by atoms with Gasteiger partial charge in [-0.2, -0.15) is 0 Å². The molecule has 0 heterocycles. The number of aliphatic hydroxyl groups excluding tert-OH is 2. The van der Waals surface area contributed by atoms with E-state index in [-0.39, 0.29) is 6.54 Å². The zero-order valence-corrected chi connectivity index (χ0v) is 12.7. The first-order chi connectivity index (χ1) is 10.7. The highest BCUT2D eigenvalue weighted by Gasteiger charge is 2.30. The van der Waals surface area contributed by atoms with Crippen LogP contribution in [0.15, 0.2) is 24.3 Å². The van der Waals surface area contributed by atoms with Crippen molar-refractivity contribution in [2.75, 3.05) is 19.0 Å². The van der Waals surface area contributed by atoms with Gasteiger partial charge >= 0.3 is 17.9 Å². The summed E-state index contributed by atoms with van der Waals surface area (Å²) in [4.78, 5) is 30.5. The summed E-state index contributed by atoms with van der Waals surface area (Å²) >= 11 is 5.75. The maximum Gasteiger partial charge on any atom is 0.338 e. The van der Waals surface area contributed by atoms with Crippen LogP contribution in [0, 0.1) is 0 Å². The fourth-order valence-electron chi connectivity index (χ4n) is 1.16. The highest BCUT2D eigenvalue weighted by molar-refractivity contribution is 6.33. The molecule has 0 spiro atoms. The molecule has 0 fully saturated rings. The number of para-hydroxylation sites is 1. The quantitative estimate of drug-likeness (QED) is 0.439. The standard InChI is InChI=1S/C8H8ClNO2.C5H8O6/c9-6-3-1-2-4-7(6)10-5-8(11)12;1-11-5(10)3(7)2(6)4(8)9/h1-4,10H,5H2,(H,11,12);2-3,6-7H,1H3,(H,8,9). The molecular weight excluding hydrogens is 334 g/mol. The predicted octanol–water partition coefficient (Wildman–Crippen LogP) is -0.198. The van der Waals surface area contributed by atoms with Crippen LogP contribution in [-0.2, 0) is 19.1 Å². The van der Waals surface area contributed by atoms with Crippen molar-refractivity contribution in [2.24, 2.45) is 0 Å². The molecule has 0 bridgehead atoms. The van der Waals surface area contributed by atoms with Crippen LogP contribution in [0.25, 0.3) is 0 Å². The van der Waals surface area contributed by atoms with E-state index >= 15 is 0 Å². The average Bonchev–Trinajstić information content (AvgIpc) is 2.52. The van der Waals surface area contributed by atoms with Crippen molar-refractivity contribution in [2.45, 2.75) is 12.2 Å². The predicted molar refractivity (Wildman–Crippen MR) is 79.2 cm³/mol. The maximum absolute atomic E-state index is 10.4. The number of esters is 1. The molecule has 2 unspecified atom stereocenters. The second-order valence-corrected chi connectivity index (χ2v) is 4.39.